The fourth-order valence-corrected chi connectivity index (χ4v) is 1.32. The van der Waals surface area contributed by atoms with Crippen molar-refractivity contribution >= 4 is 11.7 Å². The lowest BCUT2D eigenvalue weighted by Crippen LogP contribution is -2.18. The monoisotopic (exact) mass is 223 g/mol. The SMILES string of the molecule is CCC(=O)O.Cc1cccc2c1OCCN2. The number of hydrogen-bond acceptors (Lipinski definition) is 3. The van der Waals surface area contributed by atoms with Gasteiger partial charge in [0, 0.05) is 13.0 Å². The first-order valence-electron chi connectivity index (χ1n) is 5.33. The van der Waals surface area contributed by atoms with Crippen molar-refractivity contribution in [1.82, 2.24) is 0 Å². The van der Waals surface area contributed by atoms with Gasteiger partial charge in [-0.3, -0.25) is 4.79 Å². The van der Waals surface area contributed by atoms with Crippen molar-refractivity contribution in [2.24, 2.45) is 0 Å². The van der Waals surface area contributed by atoms with E-state index >= 15 is 0 Å². The Morgan fingerprint density at radius 3 is 2.81 bits per heavy atom. The lowest BCUT2D eigenvalue weighted by molar-refractivity contribution is -0.136. The van der Waals surface area contributed by atoms with Crippen LogP contribution in [0.15, 0.2) is 18.2 Å². The molecule has 0 unspecified atom stereocenters. The molecule has 88 valence electrons. The van der Waals surface area contributed by atoms with Crippen molar-refractivity contribution in [3.63, 3.8) is 0 Å². The second-order valence-electron chi connectivity index (χ2n) is 3.47. The third-order valence-electron chi connectivity index (χ3n) is 2.18. The van der Waals surface area contributed by atoms with E-state index in [4.69, 9.17) is 9.84 Å². The molecule has 4 nitrogen and oxygen atoms in total. The Bertz CT molecular complexity index is 363. The number of fused-ring (bicyclic) bond motifs is 1. The van der Waals surface area contributed by atoms with Crippen LogP contribution in [-0.2, 0) is 4.79 Å². The normalized spacial score (nSPS) is 12.4. The molecule has 0 spiro atoms. The number of aliphatic carboxylic acids is 1. The molecule has 16 heavy (non-hydrogen) atoms. The van der Waals surface area contributed by atoms with Crippen LogP contribution in [0.1, 0.15) is 18.9 Å². The smallest absolute Gasteiger partial charge is 0.303 e. The highest BCUT2D eigenvalue weighted by Gasteiger charge is 2.09. The number of ether oxygens (including phenoxy) is 1. The summed E-state index contributed by atoms with van der Waals surface area (Å²) >= 11 is 0. The second kappa shape index (κ2) is 6.00. The van der Waals surface area contributed by atoms with Gasteiger partial charge in [0.1, 0.15) is 12.4 Å². The van der Waals surface area contributed by atoms with Gasteiger partial charge < -0.3 is 15.2 Å². The average molecular weight is 223 g/mol. The summed E-state index contributed by atoms with van der Waals surface area (Å²) in [6.07, 6.45) is 0.222. The number of carbonyl (C=O) groups is 1. The summed E-state index contributed by atoms with van der Waals surface area (Å²) < 4.78 is 5.49. The summed E-state index contributed by atoms with van der Waals surface area (Å²) in [5, 5.41) is 11.0. The van der Waals surface area contributed by atoms with Crippen molar-refractivity contribution in [3.05, 3.63) is 23.8 Å². The van der Waals surface area contributed by atoms with Crippen molar-refractivity contribution in [3.8, 4) is 5.75 Å². The Labute approximate surface area is 95.2 Å². The van der Waals surface area contributed by atoms with E-state index in [9.17, 15) is 4.79 Å². The minimum absolute atomic E-state index is 0.222. The fourth-order valence-electron chi connectivity index (χ4n) is 1.32. The van der Waals surface area contributed by atoms with Gasteiger partial charge in [0.05, 0.1) is 5.69 Å². The molecule has 2 N–H and O–H groups in total. The lowest BCUT2D eigenvalue weighted by Gasteiger charge is -2.20. The molecule has 2 rings (SSSR count). The molecule has 1 aromatic rings. The molecule has 0 saturated heterocycles. The predicted molar refractivity (Wildman–Crippen MR) is 63.1 cm³/mol. The van der Waals surface area contributed by atoms with Crippen molar-refractivity contribution in [2.75, 3.05) is 18.5 Å². The highest BCUT2D eigenvalue weighted by molar-refractivity contribution is 5.66. The third kappa shape index (κ3) is 3.46. The van der Waals surface area contributed by atoms with Crippen LogP contribution >= 0.6 is 0 Å². The van der Waals surface area contributed by atoms with E-state index in [1.807, 2.05) is 12.1 Å². The van der Waals surface area contributed by atoms with Gasteiger partial charge >= 0.3 is 5.97 Å². The first-order chi connectivity index (χ1) is 7.65. The van der Waals surface area contributed by atoms with Gasteiger partial charge in [0.2, 0.25) is 0 Å². The molecule has 0 fully saturated rings. The van der Waals surface area contributed by atoms with Crippen LogP contribution in [0.5, 0.6) is 5.75 Å². The van der Waals surface area contributed by atoms with E-state index in [0.717, 1.165) is 24.6 Å². The van der Waals surface area contributed by atoms with Crippen LogP contribution in [0, 0.1) is 6.92 Å². The van der Waals surface area contributed by atoms with Crippen molar-refractivity contribution in [2.45, 2.75) is 20.3 Å². The summed E-state index contributed by atoms with van der Waals surface area (Å²) in [5.74, 6) is 0.267. The molecular formula is C12H17NO3. The number of nitrogens with one attached hydrogen (secondary N) is 1. The lowest BCUT2D eigenvalue weighted by atomic mass is 10.2. The molecule has 0 bridgehead atoms. The Morgan fingerprint density at radius 1 is 1.56 bits per heavy atom. The van der Waals surface area contributed by atoms with Gasteiger partial charge in [-0.05, 0) is 18.6 Å². The summed E-state index contributed by atoms with van der Waals surface area (Å²) in [6, 6.07) is 6.14. The van der Waals surface area contributed by atoms with Gasteiger partial charge in [0.15, 0.2) is 0 Å². The summed E-state index contributed by atoms with van der Waals surface area (Å²) in [6.45, 7) is 5.35. The molecule has 0 atom stereocenters. The Hall–Kier alpha value is -1.71. The maximum Gasteiger partial charge on any atom is 0.303 e. The molecule has 1 aromatic carbocycles. The van der Waals surface area contributed by atoms with Crippen molar-refractivity contribution in [1.29, 1.82) is 0 Å². The number of rotatable bonds is 1. The predicted octanol–water partition coefficient (Wildman–Crippen LogP) is 2.28. The first-order valence-corrected chi connectivity index (χ1v) is 5.33. The van der Waals surface area contributed by atoms with E-state index in [1.54, 1.807) is 6.92 Å². The molecule has 0 aromatic heterocycles. The molecule has 4 heteroatoms. The number of hydrogen-bond donors (Lipinski definition) is 2. The van der Waals surface area contributed by atoms with Crippen LogP contribution in [0.25, 0.3) is 0 Å². The van der Waals surface area contributed by atoms with Gasteiger partial charge in [-0.15, -0.1) is 0 Å². The zero-order chi connectivity index (χ0) is 12.0. The van der Waals surface area contributed by atoms with E-state index in [1.165, 1.54) is 5.56 Å². The summed E-state index contributed by atoms with van der Waals surface area (Å²) in [5.41, 5.74) is 2.32. The Balaban J connectivity index is 0.000000221. The highest BCUT2D eigenvalue weighted by Crippen LogP contribution is 2.29. The molecular weight excluding hydrogens is 206 g/mol. The minimum Gasteiger partial charge on any atom is -0.489 e. The van der Waals surface area contributed by atoms with Crippen LogP contribution in [-0.4, -0.2) is 24.2 Å². The van der Waals surface area contributed by atoms with Gasteiger partial charge in [0.25, 0.3) is 0 Å². The molecule has 0 radical (unpaired) electrons. The van der Waals surface area contributed by atoms with Gasteiger partial charge in [-0.2, -0.15) is 0 Å². The number of benzene rings is 1. The van der Waals surface area contributed by atoms with Crippen LogP contribution in [0.3, 0.4) is 0 Å². The Morgan fingerprint density at radius 2 is 2.25 bits per heavy atom. The van der Waals surface area contributed by atoms with Crippen LogP contribution in [0.2, 0.25) is 0 Å². The van der Waals surface area contributed by atoms with Crippen LogP contribution in [0.4, 0.5) is 5.69 Å². The fraction of sp³-hybridized carbons (Fsp3) is 0.417. The van der Waals surface area contributed by atoms with E-state index in [2.05, 4.69) is 18.3 Å². The van der Waals surface area contributed by atoms with E-state index < -0.39 is 5.97 Å². The second-order valence-corrected chi connectivity index (χ2v) is 3.47. The van der Waals surface area contributed by atoms with Gasteiger partial charge in [-0.25, -0.2) is 0 Å². The van der Waals surface area contributed by atoms with Gasteiger partial charge in [-0.1, -0.05) is 19.1 Å². The molecule has 1 aliphatic heterocycles. The number of aryl methyl sites for hydroxylation is 1. The maximum atomic E-state index is 9.37. The molecule has 1 heterocycles. The maximum absolute atomic E-state index is 9.37. The highest BCUT2D eigenvalue weighted by atomic mass is 16.5. The topological polar surface area (TPSA) is 58.6 Å². The van der Waals surface area contributed by atoms with Crippen molar-refractivity contribution < 1.29 is 14.6 Å². The van der Waals surface area contributed by atoms with E-state index in [0.29, 0.717) is 0 Å². The summed E-state index contributed by atoms with van der Waals surface area (Å²) in [7, 11) is 0. The third-order valence-corrected chi connectivity index (χ3v) is 2.18. The standard InChI is InChI=1S/C9H11NO.C3H6O2/c1-7-3-2-4-8-9(7)11-6-5-10-8;1-2-3(4)5/h2-4,10H,5-6H2,1H3;2H2,1H3,(H,4,5). The number of carboxylic acids is 1. The zero-order valence-corrected chi connectivity index (χ0v) is 9.62. The largest absolute Gasteiger partial charge is 0.489 e. The zero-order valence-electron chi connectivity index (χ0n) is 9.62. The van der Waals surface area contributed by atoms with E-state index in [-0.39, 0.29) is 6.42 Å². The number of carboxylic acid groups (broad SMARTS) is 1. The Kier molecular flexibility index (Phi) is 4.64. The number of para-hydroxylation sites is 1. The molecule has 0 saturated carbocycles. The molecule has 0 aliphatic carbocycles. The molecule has 0 amide bonds. The molecule has 1 aliphatic rings. The minimum atomic E-state index is -0.745. The quantitative estimate of drug-likeness (QED) is 0.766. The van der Waals surface area contributed by atoms with Crippen LogP contribution < -0.4 is 10.1 Å². The summed E-state index contributed by atoms with van der Waals surface area (Å²) in [4.78, 5) is 9.37. The average Bonchev–Trinajstić information content (AvgIpc) is 2.30. The number of anilines is 1. The first kappa shape index (κ1) is 12.4.